The van der Waals surface area contributed by atoms with E-state index in [1.54, 1.807) is 0 Å². The molecule has 0 heterocycles. The number of rotatable bonds is 44. The summed E-state index contributed by atoms with van der Waals surface area (Å²) in [6.07, 6.45) is 70.5. The van der Waals surface area contributed by atoms with Gasteiger partial charge >= 0.3 is 17.9 Å². The van der Waals surface area contributed by atoms with Crippen molar-refractivity contribution in [3.8, 4) is 0 Å². The molecule has 6 heteroatoms. The third-order valence-electron chi connectivity index (χ3n) is 10.5. The maximum Gasteiger partial charge on any atom is 0.306 e. The van der Waals surface area contributed by atoms with Crippen molar-refractivity contribution < 1.29 is 28.6 Å². The summed E-state index contributed by atoms with van der Waals surface area (Å²) in [5, 5.41) is 0. The van der Waals surface area contributed by atoms with Crippen LogP contribution in [0.25, 0.3) is 0 Å². The Kier molecular flexibility index (Phi) is 48.1. The third kappa shape index (κ3) is 48.8. The number of hydrogen-bond acceptors (Lipinski definition) is 6. The number of ether oxygens (including phenoxy) is 3. The molecule has 0 spiro atoms. The maximum atomic E-state index is 12.8. The first-order valence-corrected chi connectivity index (χ1v) is 25.7. The zero-order chi connectivity index (χ0) is 46.5. The van der Waals surface area contributed by atoms with E-state index in [9.17, 15) is 14.4 Å². The highest BCUT2D eigenvalue weighted by molar-refractivity contribution is 5.71. The van der Waals surface area contributed by atoms with E-state index in [0.717, 1.165) is 57.8 Å². The minimum absolute atomic E-state index is 0.120. The first kappa shape index (κ1) is 59.8. The van der Waals surface area contributed by atoms with Gasteiger partial charge in [-0.3, -0.25) is 14.4 Å². The number of hydrogen-bond donors (Lipinski definition) is 0. The summed E-state index contributed by atoms with van der Waals surface area (Å²) in [4.78, 5) is 37.9. The van der Waals surface area contributed by atoms with Gasteiger partial charge in [0.15, 0.2) is 6.10 Å². The van der Waals surface area contributed by atoms with Crippen LogP contribution in [0.2, 0.25) is 0 Å². The topological polar surface area (TPSA) is 78.9 Å². The molecule has 0 bridgehead atoms. The van der Waals surface area contributed by atoms with Gasteiger partial charge in [-0.25, -0.2) is 0 Å². The van der Waals surface area contributed by atoms with Gasteiger partial charge in [0, 0.05) is 19.3 Å². The third-order valence-corrected chi connectivity index (χ3v) is 10.5. The van der Waals surface area contributed by atoms with E-state index in [2.05, 4.69) is 39.0 Å². The first-order valence-electron chi connectivity index (χ1n) is 25.7. The molecule has 1 atom stereocenters. The van der Waals surface area contributed by atoms with Crippen LogP contribution in [0.1, 0.15) is 207 Å². The van der Waals surface area contributed by atoms with Crippen molar-refractivity contribution in [2.75, 3.05) is 13.2 Å². The lowest BCUT2D eigenvalue weighted by Crippen LogP contribution is -2.30. The molecular weight excluding hydrogens is 793 g/mol. The summed E-state index contributed by atoms with van der Waals surface area (Å²) in [5.41, 5.74) is 0. The zero-order valence-electron chi connectivity index (χ0n) is 41.0. The summed E-state index contributed by atoms with van der Waals surface area (Å²) >= 11 is 0. The van der Waals surface area contributed by atoms with E-state index in [-0.39, 0.29) is 44.0 Å². The van der Waals surface area contributed by atoms with Crippen LogP contribution in [-0.2, 0) is 28.6 Å². The van der Waals surface area contributed by atoms with Crippen LogP contribution in [0.3, 0.4) is 0 Å². The molecule has 0 radical (unpaired) electrons. The summed E-state index contributed by atoms with van der Waals surface area (Å²) in [5.74, 6) is -1.04. The average molecular weight is 885 g/mol. The summed E-state index contributed by atoms with van der Waals surface area (Å²) < 4.78 is 16.7. The molecule has 0 aromatic heterocycles. The Morgan fingerprint density at radius 3 is 1.02 bits per heavy atom. The van der Waals surface area contributed by atoms with Crippen molar-refractivity contribution in [1.82, 2.24) is 0 Å². The number of allylic oxidation sites excluding steroid dienone is 20. The molecule has 0 aromatic carbocycles. The first-order chi connectivity index (χ1) is 31.5. The Bertz CT molecular complexity index is 1390. The SMILES string of the molecule is CC/C=C/C=C/C=C/C=C/C=C/CCCCCC(=O)OC(COC(=O)CCC/C=C/C=C/C=C/C=C/C=C/CC)COC(=O)CCCCCCCCCCCCCCCCCCCC. The van der Waals surface area contributed by atoms with Gasteiger partial charge in [0.1, 0.15) is 13.2 Å². The van der Waals surface area contributed by atoms with E-state index in [1.807, 2.05) is 103 Å². The van der Waals surface area contributed by atoms with Crippen molar-refractivity contribution >= 4 is 17.9 Å². The van der Waals surface area contributed by atoms with Gasteiger partial charge < -0.3 is 14.2 Å². The Hall–Kier alpha value is -4.19. The largest absolute Gasteiger partial charge is 0.462 e. The van der Waals surface area contributed by atoms with Crippen LogP contribution in [-0.4, -0.2) is 37.2 Å². The number of carbonyl (C=O) groups excluding carboxylic acids is 3. The smallest absolute Gasteiger partial charge is 0.306 e. The lowest BCUT2D eigenvalue weighted by atomic mass is 10.0. The fourth-order valence-electron chi connectivity index (χ4n) is 6.67. The van der Waals surface area contributed by atoms with Gasteiger partial charge in [-0.1, -0.05) is 258 Å². The van der Waals surface area contributed by atoms with Gasteiger partial charge in [-0.2, -0.15) is 0 Å². The quantitative estimate of drug-likeness (QED) is 0.0262. The molecule has 0 saturated carbocycles. The van der Waals surface area contributed by atoms with Crippen molar-refractivity contribution in [2.45, 2.75) is 213 Å². The molecule has 0 saturated heterocycles. The minimum atomic E-state index is -0.830. The Balaban J connectivity index is 4.52. The van der Waals surface area contributed by atoms with E-state index in [1.165, 1.54) is 96.3 Å². The lowest BCUT2D eigenvalue weighted by Gasteiger charge is -2.18. The predicted octanol–water partition coefficient (Wildman–Crippen LogP) is 16.9. The zero-order valence-corrected chi connectivity index (χ0v) is 41.0. The van der Waals surface area contributed by atoms with Crippen LogP contribution in [0, 0.1) is 0 Å². The molecule has 0 aliphatic rings. The highest BCUT2D eigenvalue weighted by Crippen LogP contribution is 2.15. The Labute approximate surface area is 392 Å². The van der Waals surface area contributed by atoms with Crippen LogP contribution >= 0.6 is 0 Å². The van der Waals surface area contributed by atoms with Crippen molar-refractivity contribution in [3.05, 3.63) is 122 Å². The summed E-state index contributed by atoms with van der Waals surface area (Å²) in [6, 6.07) is 0. The van der Waals surface area contributed by atoms with E-state index >= 15 is 0 Å². The molecule has 64 heavy (non-hydrogen) atoms. The molecule has 6 nitrogen and oxygen atoms in total. The molecule has 360 valence electrons. The standard InChI is InChI=1S/C58H92O6/c1-4-7-10-13-16-19-22-25-27-28-29-31-33-36-39-42-45-48-51-57(60)63-54-55(53-62-56(59)50-47-44-41-38-35-32-24-21-18-15-12-9-6-3)64-58(61)52-49-46-43-40-37-34-30-26-23-20-17-14-11-8-5-2/h8-9,11-12,14-15,17-18,20-21,23-24,26,30,32,34-35,37-38,41,55H,4-7,10,13,16,19,22,25,27-29,31,33,36,39-40,42-54H2,1-3H3/b11-8+,12-9+,17-14+,18-15+,23-20+,24-21+,30-26+,35-32+,37-34+,41-38+. The van der Waals surface area contributed by atoms with E-state index < -0.39 is 6.10 Å². The monoisotopic (exact) mass is 885 g/mol. The average Bonchev–Trinajstić information content (AvgIpc) is 3.29. The number of carbonyl (C=O) groups is 3. The molecule has 0 amide bonds. The number of unbranched alkanes of at least 4 members (excludes halogenated alkanes) is 21. The van der Waals surface area contributed by atoms with Gasteiger partial charge in [0.25, 0.3) is 0 Å². The van der Waals surface area contributed by atoms with Gasteiger partial charge in [0.2, 0.25) is 0 Å². The minimum Gasteiger partial charge on any atom is -0.462 e. The Morgan fingerprint density at radius 1 is 0.328 bits per heavy atom. The highest BCUT2D eigenvalue weighted by atomic mass is 16.6. The molecule has 0 aromatic rings. The van der Waals surface area contributed by atoms with Crippen molar-refractivity contribution in [1.29, 1.82) is 0 Å². The molecule has 0 rings (SSSR count). The fraction of sp³-hybridized carbons (Fsp3) is 0.603. The molecule has 0 fully saturated rings. The Morgan fingerprint density at radius 2 is 0.625 bits per heavy atom. The second kappa shape index (κ2) is 51.4. The summed E-state index contributed by atoms with van der Waals surface area (Å²) in [6.45, 7) is 6.24. The second-order valence-corrected chi connectivity index (χ2v) is 16.6. The van der Waals surface area contributed by atoms with E-state index in [0.29, 0.717) is 19.3 Å². The van der Waals surface area contributed by atoms with Gasteiger partial charge in [-0.15, -0.1) is 0 Å². The van der Waals surface area contributed by atoms with Gasteiger partial charge in [0.05, 0.1) is 0 Å². The maximum absolute atomic E-state index is 12.8. The number of esters is 3. The van der Waals surface area contributed by atoms with Crippen molar-refractivity contribution in [3.63, 3.8) is 0 Å². The molecule has 0 aliphatic heterocycles. The second-order valence-electron chi connectivity index (χ2n) is 16.6. The molecule has 1 unspecified atom stereocenters. The van der Waals surface area contributed by atoms with Crippen molar-refractivity contribution in [2.24, 2.45) is 0 Å². The normalized spacial score (nSPS) is 13.1. The molecule has 0 N–H and O–H groups in total. The fourth-order valence-corrected chi connectivity index (χ4v) is 6.67. The molecular formula is C58H92O6. The van der Waals surface area contributed by atoms with Gasteiger partial charge in [-0.05, 0) is 51.4 Å². The highest BCUT2D eigenvalue weighted by Gasteiger charge is 2.19. The van der Waals surface area contributed by atoms with Crippen LogP contribution in [0.5, 0.6) is 0 Å². The summed E-state index contributed by atoms with van der Waals surface area (Å²) in [7, 11) is 0. The van der Waals surface area contributed by atoms with Crippen LogP contribution < -0.4 is 0 Å². The predicted molar refractivity (Wildman–Crippen MR) is 274 cm³/mol. The lowest BCUT2D eigenvalue weighted by molar-refractivity contribution is -0.167. The van der Waals surface area contributed by atoms with E-state index in [4.69, 9.17) is 14.2 Å². The van der Waals surface area contributed by atoms with Crippen LogP contribution in [0.4, 0.5) is 0 Å². The van der Waals surface area contributed by atoms with Crippen LogP contribution in [0.15, 0.2) is 122 Å². The molecule has 0 aliphatic carbocycles.